The zero-order valence-corrected chi connectivity index (χ0v) is 13.4. The van der Waals surface area contributed by atoms with Crippen LogP contribution in [-0.2, 0) is 11.3 Å². The van der Waals surface area contributed by atoms with Crippen molar-refractivity contribution < 1.29 is 18.4 Å². The average molecular weight is 332 g/mol. The summed E-state index contributed by atoms with van der Waals surface area (Å²) >= 11 is 0. The van der Waals surface area contributed by atoms with Crippen LogP contribution in [0.5, 0.6) is 0 Å². The molecule has 0 aliphatic rings. The molecule has 0 aliphatic heterocycles. The maximum absolute atomic E-state index is 13.3. The van der Waals surface area contributed by atoms with Crippen LogP contribution in [0.4, 0.5) is 8.78 Å². The van der Waals surface area contributed by atoms with Crippen LogP contribution >= 0.6 is 0 Å². The predicted octanol–water partition coefficient (Wildman–Crippen LogP) is 3.09. The molecule has 0 unspecified atom stereocenters. The summed E-state index contributed by atoms with van der Waals surface area (Å²) in [5.41, 5.74) is 1.79. The maximum Gasteiger partial charge on any atom is 0.251 e. The Labute approximate surface area is 138 Å². The third-order valence-electron chi connectivity index (χ3n) is 3.55. The van der Waals surface area contributed by atoms with Gasteiger partial charge < -0.3 is 10.6 Å². The molecule has 24 heavy (non-hydrogen) atoms. The van der Waals surface area contributed by atoms with Crippen molar-refractivity contribution in [2.45, 2.75) is 26.4 Å². The van der Waals surface area contributed by atoms with Crippen molar-refractivity contribution in [1.82, 2.24) is 10.6 Å². The molecule has 2 aromatic rings. The van der Waals surface area contributed by atoms with Gasteiger partial charge in [-0.1, -0.05) is 18.2 Å². The van der Waals surface area contributed by atoms with Gasteiger partial charge in [-0.2, -0.15) is 0 Å². The highest BCUT2D eigenvalue weighted by Gasteiger charge is 2.13. The highest BCUT2D eigenvalue weighted by Crippen LogP contribution is 2.16. The first-order valence-corrected chi connectivity index (χ1v) is 7.46. The molecule has 6 heteroatoms. The van der Waals surface area contributed by atoms with Crippen molar-refractivity contribution >= 4 is 11.8 Å². The molecule has 2 aromatic carbocycles. The van der Waals surface area contributed by atoms with E-state index >= 15 is 0 Å². The number of rotatable bonds is 5. The van der Waals surface area contributed by atoms with Crippen LogP contribution in [0.3, 0.4) is 0 Å². The fourth-order valence-corrected chi connectivity index (χ4v) is 2.15. The first-order valence-electron chi connectivity index (χ1n) is 7.46. The number of hydrogen-bond acceptors (Lipinski definition) is 2. The van der Waals surface area contributed by atoms with Gasteiger partial charge in [0, 0.05) is 19.0 Å². The highest BCUT2D eigenvalue weighted by atomic mass is 19.2. The van der Waals surface area contributed by atoms with Crippen molar-refractivity contribution in [2.24, 2.45) is 0 Å². The van der Waals surface area contributed by atoms with Gasteiger partial charge in [-0.15, -0.1) is 0 Å². The molecular formula is C18H18F2N2O2. The lowest BCUT2D eigenvalue weighted by molar-refractivity contribution is -0.119. The first-order chi connectivity index (χ1) is 11.4. The molecule has 0 bridgehead atoms. The van der Waals surface area contributed by atoms with Crippen LogP contribution in [-0.4, -0.2) is 11.8 Å². The molecule has 126 valence electrons. The summed E-state index contributed by atoms with van der Waals surface area (Å²) in [5, 5.41) is 5.40. The predicted molar refractivity (Wildman–Crippen MR) is 86.2 cm³/mol. The van der Waals surface area contributed by atoms with Gasteiger partial charge in [0.25, 0.3) is 5.91 Å². The summed E-state index contributed by atoms with van der Waals surface area (Å²) in [4.78, 5) is 23.1. The van der Waals surface area contributed by atoms with Crippen LogP contribution < -0.4 is 10.6 Å². The molecule has 0 aliphatic carbocycles. The molecule has 0 saturated carbocycles. The molecule has 1 atom stereocenters. The molecule has 0 radical (unpaired) electrons. The van der Waals surface area contributed by atoms with E-state index in [9.17, 15) is 18.4 Å². The Balaban J connectivity index is 2.00. The molecule has 0 spiro atoms. The minimum absolute atomic E-state index is 0.128. The van der Waals surface area contributed by atoms with Crippen molar-refractivity contribution in [2.75, 3.05) is 0 Å². The van der Waals surface area contributed by atoms with Crippen molar-refractivity contribution in [3.63, 3.8) is 0 Å². The SMILES string of the molecule is CC(=O)NCc1ccc(C(=O)N[C@H](C)c2ccc(F)c(F)c2)cc1. The van der Waals surface area contributed by atoms with Crippen LogP contribution in [0.15, 0.2) is 42.5 Å². The summed E-state index contributed by atoms with van der Waals surface area (Å²) in [7, 11) is 0. The summed E-state index contributed by atoms with van der Waals surface area (Å²) in [6, 6.07) is 9.84. The fourth-order valence-electron chi connectivity index (χ4n) is 2.15. The van der Waals surface area contributed by atoms with Gasteiger partial charge in [0.1, 0.15) is 0 Å². The molecule has 0 aromatic heterocycles. The molecule has 4 nitrogen and oxygen atoms in total. The van der Waals surface area contributed by atoms with E-state index < -0.39 is 17.7 Å². The van der Waals surface area contributed by atoms with Crippen LogP contribution in [0.2, 0.25) is 0 Å². The van der Waals surface area contributed by atoms with Crippen molar-refractivity contribution in [3.05, 3.63) is 70.8 Å². The van der Waals surface area contributed by atoms with E-state index in [1.807, 2.05) is 0 Å². The quantitative estimate of drug-likeness (QED) is 0.884. The smallest absolute Gasteiger partial charge is 0.251 e. The number of carbonyl (C=O) groups is 2. The number of halogens is 2. The minimum atomic E-state index is -0.948. The van der Waals surface area contributed by atoms with Crippen molar-refractivity contribution in [3.8, 4) is 0 Å². The Bertz CT molecular complexity index is 745. The highest BCUT2D eigenvalue weighted by molar-refractivity contribution is 5.94. The molecule has 0 heterocycles. The summed E-state index contributed by atoms with van der Waals surface area (Å²) in [5.74, 6) is -2.32. The van der Waals surface area contributed by atoms with E-state index in [1.165, 1.54) is 13.0 Å². The monoisotopic (exact) mass is 332 g/mol. The molecule has 2 rings (SSSR count). The van der Waals surface area contributed by atoms with Crippen LogP contribution in [0.25, 0.3) is 0 Å². The number of nitrogens with one attached hydrogen (secondary N) is 2. The summed E-state index contributed by atoms with van der Waals surface area (Å²) in [6.45, 7) is 3.51. The second kappa shape index (κ2) is 7.68. The van der Waals surface area contributed by atoms with Crippen LogP contribution in [0.1, 0.15) is 41.4 Å². The lowest BCUT2D eigenvalue weighted by Crippen LogP contribution is -2.26. The van der Waals surface area contributed by atoms with Crippen molar-refractivity contribution in [1.29, 1.82) is 0 Å². The number of carbonyl (C=O) groups excluding carboxylic acids is 2. The topological polar surface area (TPSA) is 58.2 Å². The summed E-state index contributed by atoms with van der Waals surface area (Å²) < 4.78 is 26.2. The lowest BCUT2D eigenvalue weighted by atomic mass is 10.1. The zero-order valence-electron chi connectivity index (χ0n) is 13.4. The standard InChI is InChI=1S/C18H18F2N2O2/c1-11(15-7-8-16(19)17(20)9-15)22-18(24)14-5-3-13(4-6-14)10-21-12(2)23/h3-9,11H,10H2,1-2H3,(H,21,23)(H,22,24)/t11-/m1/s1. The first kappa shape index (κ1) is 17.6. The fraction of sp³-hybridized carbons (Fsp3) is 0.222. The second-order valence-electron chi connectivity index (χ2n) is 5.48. The number of hydrogen-bond donors (Lipinski definition) is 2. The van der Waals surface area contributed by atoms with Gasteiger partial charge in [0.05, 0.1) is 6.04 Å². The molecule has 0 fully saturated rings. The van der Waals surface area contributed by atoms with E-state index in [2.05, 4.69) is 10.6 Å². The van der Waals surface area contributed by atoms with E-state index in [0.29, 0.717) is 17.7 Å². The lowest BCUT2D eigenvalue weighted by Gasteiger charge is -2.15. The summed E-state index contributed by atoms with van der Waals surface area (Å²) in [6.07, 6.45) is 0. The minimum Gasteiger partial charge on any atom is -0.352 e. The second-order valence-corrected chi connectivity index (χ2v) is 5.48. The van der Waals surface area contributed by atoms with Gasteiger partial charge in [-0.3, -0.25) is 9.59 Å². The Kier molecular flexibility index (Phi) is 5.63. The van der Waals surface area contributed by atoms with Gasteiger partial charge in [0.15, 0.2) is 11.6 Å². The normalized spacial score (nSPS) is 11.7. The van der Waals surface area contributed by atoms with E-state index in [1.54, 1.807) is 31.2 Å². The van der Waals surface area contributed by atoms with E-state index in [0.717, 1.165) is 17.7 Å². The zero-order chi connectivity index (χ0) is 17.7. The Morgan fingerprint density at radius 1 is 1.04 bits per heavy atom. The molecular weight excluding hydrogens is 314 g/mol. The van der Waals surface area contributed by atoms with Crippen LogP contribution in [0, 0.1) is 11.6 Å². The Morgan fingerprint density at radius 3 is 2.29 bits per heavy atom. The van der Waals surface area contributed by atoms with Gasteiger partial charge in [-0.25, -0.2) is 8.78 Å². The third kappa shape index (κ3) is 4.62. The van der Waals surface area contributed by atoms with Gasteiger partial charge >= 0.3 is 0 Å². The van der Waals surface area contributed by atoms with E-state index in [4.69, 9.17) is 0 Å². The largest absolute Gasteiger partial charge is 0.352 e. The van der Waals surface area contributed by atoms with Gasteiger partial charge in [-0.05, 0) is 42.3 Å². The molecule has 0 saturated heterocycles. The van der Waals surface area contributed by atoms with E-state index in [-0.39, 0.29) is 11.8 Å². The average Bonchev–Trinajstić information content (AvgIpc) is 2.55. The third-order valence-corrected chi connectivity index (χ3v) is 3.55. The molecule has 2 N–H and O–H groups in total. The maximum atomic E-state index is 13.3. The Hall–Kier alpha value is -2.76. The Morgan fingerprint density at radius 2 is 1.71 bits per heavy atom. The number of amides is 2. The molecule has 2 amide bonds. The van der Waals surface area contributed by atoms with Gasteiger partial charge in [0.2, 0.25) is 5.91 Å². The number of benzene rings is 2.